The monoisotopic (exact) mass is 487 g/mol. The maximum Gasteiger partial charge on any atom is 0.292 e. The van der Waals surface area contributed by atoms with E-state index in [0.29, 0.717) is 0 Å². The summed E-state index contributed by atoms with van der Waals surface area (Å²) in [4.78, 5) is 26.2. The molecule has 194 valence electrons. The van der Waals surface area contributed by atoms with E-state index >= 15 is 0 Å². The first-order chi connectivity index (χ1) is 16.4. The lowest BCUT2D eigenvalue weighted by Gasteiger charge is -2.42. The number of aryl methyl sites for hydroxylation is 2. The number of carbonyl (C=O) groups excluding carboxylic acids is 2. The molecular weight excluding hydrogens is 442 g/mol. The minimum atomic E-state index is -0.525. The molecule has 36 heavy (non-hydrogen) atoms. The van der Waals surface area contributed by atoms with E-state index < -0.39 is 5.91 Å². The molecule has 0 aromatic heterocycles. The molecule has 2 aromatic rings. The van der Waals surface area contributed by atoms with Gasteiger partial charge in [-0.3, -0.25) is 9.59 Å². The first kappa shape index (κ1) is 26.6. The maximum atomic E-state index is 13.1. The van der Waals surface area contributed by atoms with Crippen LogP contribution < -0.4 is 5.32 Å². The van der Waals surface area contributed by atoms with E-state index in [4.69, 9.17) is 0 Å². The van der Waals surface area contributed by atoms with E-state index in [1.165, 1.54) is 22.3 Å². The van der Waals surface area contributed by atoms with Crippen LogP contribution in [-0.4, -0.2) is 11.7 Å². The predicted octanol–water partition coefficient (Wildman–Crippen LogP) is 7.75. The third-order valence-corrected chi connectivity index (χ3v) is 9.36. The number of rotatable bonds is 4. The van der Waals surface area contributed by atoms with Gasteiger partial charge in [-0.25, -0.2) is 0 Å². The lowest BCUT2D eigenvalue weighted by molar-refractivity contribution is -0.134. The first-order valence-electron chi connectivity index (χ1n) is 13.6. The lowest BCUT2D eigenvalue weighted by Crippen LogP contribution is -2.35. The van der Waals surface area contributed by atoms with Gasteiger partial charge in [-0.05, 0) is 106 Å². The Morgan fingerprint density at radius 1 is 0.639 bits per heavy atom. The van der Waals surface area contributed by atoms with Gasteiger partial charge in [0.1, 0.15) is 0 Å². The zero-order valence-electron chi connectivity index (χ0n) is 24.2. The van der Waals surface area contributed by atoms with Gasteiger partial charge in [0.05, 0.1) is 0 Å². The van der Waals surface area contributed by atoms with Gasteiger partial charge in [0.2, 0.25) is 5.78 Å². The average Bonchev–Trinajstić information content (AvgIpc) is 2.77. The molecule has 0 spiro atoms. The Bertz CT molecular complexity index is 1150. The van der Waals surface area contributed by atoms with Crippen LogP contribution in [0.5, 0.6) is 0 Å². The molecule has 2 aliphatic carbocycles. The Morgan fingerprint density at radius 2 is 1.03 bits per heavy atom. The second-order valence-electron chi connectivity index (χ2n) is 14.1. The second-order valence-corrected chi connectivity index (χ2v) is 14.1. The molecule has 0 radical (unpaired) electrons. The topological polar surface area (TPSA) is 46.2 Å². The largest absolute Gasteiger partial charge is 0.319 e. The summed E-state index contributed by atoms with van der Waals surface area (Å²) in [7, 11) is 0. The van der Waals surface area contributed by atoms with E-state index in [-0.39, 0.29) is 33.9 Å². The summed E-state index contributed by atoms with van der Waals surface area (Å²) >= 11 is 0. The number of ketones is 1. The molecule has 0 aliphatic heterocycles. The van der Waals surface area contributed by atoms with Crippen molar-refractivity contribution in [2.45, 2.75) is 123 Å². The van der Waals surface area contributed by atoms with Crippen molar-refractivity contribution in [1.29, 1.82) is 0 Å². The molecule has 0 atom stereocenters. The Kier molecular flexibility index (Phi) is 6.34. The Morgan fingerprint density at radius 3 is 1.50 bits per heavy atom. The molecule has 0 unspecified atom stereocenters. The fourth-order valence-corrected chi connectivity index (χ4v) is 6.26. The molecule has 4 rings (SSSR count). The molecular formula is C33H45NO2. The number of hydrogen-bond acceptors (Lipinski definition) is 2. The summed E-state index contributed by atoms with van der Waals surface area (Å²) in [6, 6.07) is 8.79. The van der Waals surface area contributed by atoms with Crippen molar-refractivity contribution in [3.8, 4) is 0 Å². The average molecular weight is 488 g/mol. The highest BCUT2D eigenvalue weighted by molar-refractivity contribution is 6.41. The number of hydrogen-bond donors (Lipinski definition) is 1. The zero-order valence-corrected chi connectivity index (χ0v) is 24.2. The zero-order chi connectivity index (χ0) is 26.8. The van der Waals surface area contributed by atoms with Gasteiger partial charge in [0.15, 0.2) is 0 Å². The number of Topliss-reactive ketones (excluding diaryl/α,β-unsaturated/α-hetero) is 1. The van der Waals surface area contributed by atoms with Crippen molar-refractivity contribution in [2.24, 2.45) is 0 Å². The third kappa shape index (κ3) is 4.66. The smallest absolute Gasteiger partial charge is 0.292 e. The van der Waals surface area contributed by atoms with Crippen LogP contribution in [0, 0.1) is 13.8 Å². The molecule has 2 aromatic carbocycles. The fraction of sp³-hybridized carbons (Fsp3) is 0.576. The predicted molar refractivity (Wildman–Crippen MR) is 150 cm³/mol. The molecule has 0 heterocycles. The summed E-state index contributed by atoms with van der Waals surface area (Å²) < 4.78 is 0. The Hall–Kier alpha value is -2.42. The molecule has 0 saturated carbocycles. The van der Waals surface area contributed by atoms with Gasteiger partial charge in [0.25, 0.3) is 5.91 Å². The van der Waals surface area contributed by atoms with Crippen LogP contribution in [0.1, 0.15) is 120 Å². The number of nitrogens with one attached hydrogen (secondary N) is 1. The Balaban J connectivity index is 1.60. The van der Waals surface area contributed by atoms with Gasteiger partial charge in [-0.1, -0.05) is 73.6 Å². The SMILES string of the molecule is Cc1cc2c(cc1CC(=O)C(=O)Nc1cc3c(cc1C)C(C)(C)CCC3(C)C)C(C)(C)CCC2(C)C. The molecule has 2 aliphatic rings. The van der Waals surface area contributed by atoms with Crippen LogP contribution in [0.3, 0.4) is 0 Å². The highest BCUT2D eigenvalue weighted by atomic mass is 16.2. The standard InChI is InChI=1S/C33H45NO2/c1-20-15-23-25(32(7,8)13-11-30(23,3)4)17-22(20)18-28(35)29(36)34-27-19-26-24(16-21(27)2)31(5,6)12-14-33(26,9)10/h15-17,19H,11-14,18H2,1-10H3,(H,34,36). The molecule has 3 nitrogen and oxygen atoms in total. The van der Waals surface area contributed by atoms with Gasteiger partial charge in [-0.15, -0.1) is 0 Å². The van der Waals surface area contributed by atoms with Crippen molar-refractivity contribution in [3.63, 3.8) is 0 Å². The van der Waals surface area contributed by atoms with E-state index in [2.05, 4.69) is 91.9 Å². The first-order valence-corrected chi connectivity index (χ1v) is 13.6. The van der Waals surface area contributed by atoms with E-state index in [0.717, 1.165) is 48.1 Å². The summed E-state index contributed by atoms with van der Waals surface area (Å²) in [6.45, 7) is 22.4. The normalized spacial score (nSPS) is 20.7. The minimum Gasteiger partial charge on any atom is -0.319 e. The van der Waals surface area contributed by atoms with Gasteiger partial charge in [0, 0.05) is 12.1 Å². The van der Waals surface area contributed by atoms with E-state index in [1.54, 1.807) is 0 Å². The van der Waals surface area contributed by atoms with Gasteiger partial charge >= 0.3 is 0 Å². The van der Waals surface area contributed by atoms with Crippen LogP contribution in [0.4, 0.5) is 5.69 Å². The van der Waals surface area contributed by atoms with Crippen molar-refractivity contribution in [1.82, 2.24) is 0 Å². The molecule has 0 fully saturated rings. The number of carbonyl (C=O) groups is 2. The quantitative estimate of drug-likeness (QED) is 0.448. The molecule has 0 saturated heterocycles. The second kappa shape index (κ2) is 8.57. The number of fused-ring (bicyclic) bond motifs is 2. The summed E-state index contributed by atoms with van der Waals surface area (Å²) in [5, 5.41) is 2.97. The number of benzene rings is 2. The lowest BCUT2D eigenvalue weighted by atomic mass is 9.62. The van der Waals surface area contributed by atoms with Crippen LogP contribution >= 0.6 is 0 Å². The minimum absolute atomic E-state index is 0.0445. The summed E-state index contributed by atoms with van der Waals surface area (Å²) in [5.41, 5.74) is 9.51. The fourth-order valence-electron chi connectivity index (χ4n) is 6.26. The van der Waals surface area contributed by atoms with Crippen LogP contribution in [0.15, 0.2) is 24.3 Å². The highest BCUT2D eigenvalue weighted by Crippen LogP contribution is 2.48. The van der Waals surface area contributed by atoms with Crippen molar-refractivity contribution in [2.75, 3.05) is 5.32 Å². The number of amides is 1. The molecule has 1 amide bonds. The highest BCUT2D eigenvalue weighted by Gasteiger charge is 2.39. The van der Waals surface area contributed by atoms with Crippen LogP contribution in [0.2, 0.25) is 0 Å². The van der Waals surface area contributed by atoms with E-state index in [1.807, 2.05) is 6.92 Å². The maximum absolute atomic E-state index is 13.1. The summed E-state index contributed by atoms with van der Waals surface area (Å²) in [5.74, 6) is -0.912. The molecule has 0 bridgehead atoms. The van der Waals surface area contributed by atoms with Crippen molar-refractivity contribution >= 4 is 17.4 Å². The van der Waals surface area contributed by atoms with Gasteiger partial charge < -0.3 is 5.32 Å². The third-order valence-electron chi connectivity index (χ3n) is 9.36. The van der Waals surface area contributed by atoms with Crippen LogP contribution in [-0.2, 0) is 37.7 Å². The van der Waals surface area contributed by atoms with Crippen molar-refractivity contribution in [3.05, 3.63) is 63.2 Å². The van der Waals surface area contributed by atoms with E-state index in [9.17, 15) is 9.59 Å². The summed E-state index contributed by atoms with van der Waals surface area (Å²) in [6.07, 6.45) is 4.65. The molecule has 1 N–H and O–H groups in total. The van der Waals surface area contributed by atoms with Crippen LogP contribution in [0.25, 0.3) is 0 Å². The van der Waals surface area contributed by atoms with Crippen molar-refractivity contribution < 1.29 is 9.59 Å². The van der Waals surface area contributed by atoms with Gasteiger partial charge in [-0.2, -0.15) is 0 Å². The Labute approximate surface area is 218 Å². The number of anilines is 1. The molecule has 3 heteroatoms.